The molecule has 0 amide bonds. The van der Waals surface area contributed by atoms with Gasteiger partial charge in [-0.25, -0.2) is 0 Å². The summed E-state index contributed by atoms with van der Waals surface area (Å²) < 4.78 is 0. The first kappa shape index (κ1) is 9.01. The molecule has 2 nitrogen and oxygen atoms in total. The van der Waals surface area contributed by atoms with E-state index in [9.17, 15) is 0 Å². The molecule has 0 aliphatic heterocycles. The van der Waals surface area contributed by atoms with Crippen molar-refractivity contribution in [3.05, 3.63) is 0 Å². The van der Waals surface area contributed by atoms with Crippen molar-refractivity contribution < 1.29 is 5.21 Å². The molecule has 0 aromatic heterocycles. The second kappa shape index (κ2) is 3.55. The zero-order chi connectivity index (χ0) is 8.32. The highest BCUT2D eigenvalue weighted by Crippen LogP contribution is 2.35. The van der Waals surface area contributed by atoms with E-state index < -0.39 is 0 Å². The molecular formula is C9H19NO. The molecule has 1 saturated carbocycles. The summed E-state index contributed by atoms with van der Waals surface area (Å²) in [5, 5.41) is 10.4. The van der Waals surface area contributed by atoms with Crippen molar-refractivity contribution in [3.63, 3.8) is 0 Å². The topological polar surface area (TPSA) is 23.5 Å². The monoisotopic (exact) mass is 157 g/mol. The van der Waals surface area contributed by atoms with Crippen molar-refractivity contribution in [2.75, 3.05) is 13.6 Å². The summed E-state index contributed by atoms with van der Waals surface area (Å²) in [6.07, 6.45) is 6.61. The first-order valence-electron chi connectivity index (χ1n) is 4.52. The molecule has 1 fully saturated rings. The fraction of sp³-hybridized carbons (Fsp3) is 1.00. The van der Waals surface area contributed by atoms with Gasteiger partial charge in [0.25, 0.3) is 0 Å². The Morgan fingerprint density at radius 2 is 1.82 bits per heavy atom. The van der Waals surface area contributed by atoms with Gasteiger partial charge in [-0.15, -0.1) is 0 Å². The lowest BCUT2D eigenvalue weighted by Gasteiger charge is -2.34. The molecule has 1 N–H and O–H groups in total. The molecule has 1 rings (SSSR count). The smallest absolute Gasteiger partial charge is 0.0288 e. The second-order valence-electron chi connectivity index (χ2n) is 4.19. The van der Waals surface area contributed by atoms with E-state index in [1.807, 2.05) is 0 Å². The van der Waals surface area contributed by atoms with Crippen molar-refractivity contribution in [1.29, 1.82) is 0 Å². The van der Waals surface area contributed by atoms with Crippen LogP contribution in [-0.2, 0) is 0 Å². The predicted molar refractivity (Wildman–Crippen MR) is 45.6 cm³/mol. The number of hydroxylamine groups is 2. The summed E-state index contributed by atoms with van der Waals surface area (Å²) in [6.45, 7) is 3.10. The van der Waals surface area contributed by atoms with Crippen LogP contribution in [0, 0.1) is 5.41 Å². The molecule has 0 bridgehead atoms. The van der Waals surface area contributed by atoms with Gasteiger partial charge in [0.15, 0.2) is 0 Å². The third kappa shape index (κ3) is 2.80. The number of rotatable bonds is 2. The fourth-order valence-electron chi connectivity index (χ4n) is 2.12. The lowest BCUT2D eigenvalue weighted by atomic mass is 9.76. The Labute approximate surface area is 69.2 Å². The highest BCUT2D eigenvalue weighted by atomic mass is 16.5. The molecule has 1 aliphatic rings. The van der Waals surface area contributed by atoms with Crippen LogP contribution in [0.25, 0.3) is 0 Å². The van der Waals surface area contributed by atoms with Gasteiger partial charge < -0.3 is 5.21 Å². The van der Waals surface area contributed by atoms with Crippen LogP contribution in [0.2, 0.25) is 0 Å². The number of hydrogen-bond donors (Lipinski definition) is 1. The first-order chi connectivity index (χ1) is 5.12. The van der Waals surface area contributed by atoms with Gasteiger partial charge in [-0.1, -0.05) is 26.2 Å². The molecule has 11 heavy (non-hydrogen) atoms. The largest absolute Gasteiger partial charge is 0.314 e. The van der Waals surface area contributed by atoms with E-state index in [0.29, 0.717) is 5.41 Å². The van der Waals surface area contributed by atoms with E-state index in [1.165, 1.54) is 37.2 Å². The Morgan fingerprint density at radius 1 is 1.27 bits per heavy atom. The van der Waals surface area contributed by atoms with E-state index in [2.05, 4.69) is 6.92 Å². The van der Waals surface area contributed by atoms with Gasteiger partial charge in [0, 0.05) is 13.6 Å². The standard InChI is InChI=1S/C9H19NO/c1-9(8-10(2)11)6-4-3-5-7-9/h11H,3-8H2,1-2H3. The van der Waals surface area contributed by atoms with Gasteiger partial charge in [0.05, 0.1) is 0 Å². The SMILES string of the molecule is CN(O)CC1(C)CCCCC1. The van der Waals surface area contributed by atoms with Crippen LogP contribution in [-0.4, -0.2) is 23.9 Å². The molecule has 0 unspecified atom stereocenters. The molecule has 0 aromatic carbocycles. The number of hydrogen-bond acceptors (Lipinski definition) is 2. The summed E-state index contributed by atoms with van der Waals surface area (Å²) >= 11 is 0. The van der Waals surface area contributed by atoms with Crippen molar-refractivity contribution in [3.8, 4) is 0 Å². The third-order valence-electron chi connectivity index (χ3n) is 2.67. The molecular weight excluding hydrogens is 138 g/mol. The van der Waals surface area contributed by atoms with E-state index in [0.717, 1.165) is 6.54 Å². The van der Waals surface area contributed by atoms with E-state index in [4.69, 9.17) is 5.21 Å². The zero-order valence-corrected chi connectivity index (χ0v) is 7.64. The van der Waals surface area contributed by atoms with Crippen LogP contribution in [0.5, 0.6) is 0 Å². The normalized spacial score (nSPS) is 24.0. The highest BCUT2D eigenvalue weighted by Gasteiger charge is 2.27. The minimum absolute atomic E-state index is 0.377. The van der Waals surface area contributed by atoms with Crippen LogP contribution >= 0.6 is 0 Å². The Kier molecular flexibility index (Phi) is 2.90. The van der Waals surface area contributed by atoms with Crippen LogP contribution in [0.1, 0.15) is 39.0 Å². The molecule has 0 aromatic rings. The maximum absolute atomic E-state index is 9.10. The molecule has 0 heterocycles. The van der Waals surface area contributed by atoms with Crippen LogP contribution < -0.4 is 0 Å². The Morgan fingerprint density at radius 3 is 2.27 bits per heavy atom. The van der Waals surface area contributed by atoms with Crippen molar-refractivity contribution >= 4 is 0 Å². The zero-order valence-electron chi connectivity index (χ0n) is 7.64. The Bertz CT molecular complexity index is 117. The third-order valence-corrected chi connectivity index (χ3v) is 2.67. The summed E-state index contributed by atoms with van der Waals surface area (Å²) in [4.78, 5) is 0. The van der Waals surface area contributed by atoms with Gasteiger partial charge in [-0.05, 0) is 18.3 Å². The van der Waals surface area contributed by atoms with E-state index in [1.54, 1.807) is 7.05 Å². The summed E-state index contributed by atoms with van der Waals surface area (Å²) in [5.41, 5.74) is 0.377. The quantitative estimate of drug-likeness (QED) is 0.622. The maximum atomic E-state index is 9.10. The molecule has 0 saturated heterocycles. The summed E-state index contributed by atoms with van der Waals surface area (Å²) in [6, 6.07) is 0. The Balaban J connectivity index is 2.37. The molecule has 0 spiro atoms. The first-order valence-corrected chi connectivity index (χ1v) is 4.52. The molecule has 1 aliphatic carbocycles. The van der Waals surface area contributed by atoms with E-state index >= 15 is 0 Å². The summed E-state index contributed by atoms with van der Waals surface area (Å²) in [7, 11) is 1.74. The average molecular weight is 157 g/mol. The Hall–Kier alpha value is -0.0800. The van der Waals surface area contributed by atoms with Gasteiger partial charge in [-0.3, -0.25) is 0 Å². The van der Waals surface area contributed by atoms with Crippen LogP contribution in [0.3, 0.4) is 0 Å². The van der Waals surface area contributed by atoms with Crippen molar-refractivity contribution in [1.82, 2.24) is 5.06 Å². The number of nitrogens with zero attached hydrogens (tertiary/aromatic N) is 1. The van der Waals surface area contributed by atoms with Gasteiger partial charge in [0.1, 0.15) is 0 Å². The van der Waals surface area contributed by atoms with Crippen LogP contribution in [0.15, 0.2) is 0 Å². The fourth-order valence-corrected chi connectivity index (χ4v) is 2.12. The predicted octanol–water partition coefficient (Wildman–Crippen LogP) is 2.28. The average Bonchev–Trinajstić information content (AvgIpc) is 1.85. The minimum Gasteiger partial charge on any atom is -0.314 e. The lowest BCUT2D eigenvalue weighted by Crippen LogP contribution is -2.33. The molecule has 0 radical (unpaired) electrons. The minimum atomic E-state index is 0.377. The molecule has 0 atom stereocenters. The van der Waals surface area contributed by atoms with Crippen molar-refractivity contribution in [2.45, 2.75) is 39.0 Å². The van der Waals surface area contributed by atoms with Crippen molar-refractivity contribution in [2.24, 2.45) is 5.41 Å². The molecule has 66 valence electrons. The second-order valence-corrected chi connectivity index (χ2v) is 4.19. The maximum Gasteiger partial charge on any atom is 0.0288 e. The van der Waals surface area contributed by atoms with Crippen LogP contribution in [0.4, 0.5) is 0 Å². The summed E-state index contributed by atoms with van der Waals surface area (Å²) in [5.74, 6) is 0. The van der Waals surface area contributed by atoms with Gasteiger partial charge in [0.2, 0.25) is 0 Å². The highest BCUT2D eigenvalue weighted by molar-refractivity contribution is 4.79. The van der Waals surface area contributed by atoms with Gasteiger partial charge >= 0.3 is 0 Å². The molecule has 2 heteroatoms. The lowest BCUT2D eigenvalue weighted by molar-refractivity contribution is -0.0966. The van der Waals surface area contributed by atoms with Gasteiger partial charge in [-0.2, -0.15) is 5.06 Å². The van der Waals surface area contributed by atoms with E-state index in [-0.39, 0.29) is 0 Å².